The van der Waals surface area contributed by atoms with Crippen LogP contribution in [0.5, 0.6) is 5.75 Å². The van der Waals surface area contributed by atoms with Crippen LogP contribution >= 0.6 is 7.44 Å². The monoisotopic (exact) mass is 505 g/mol. The molecule has 0 saturated carbocycles. The van der Waals surface area contributed by atoms with Gasteiger partial charge >= 0.3 is 5.97 Å². The predicted molar refractivity (Wildman–Crippen MR) is 132 cm³/mol. The fraction of sp³-hybridized carbons (Fsp3) is 0.455. The van der Waals surface area contributed by atoms with Crippen LogP contribution in [0, 0.1) is 0 Å². The van der Waals surface area contributed by atoms with Crippen LogP contribution in [0.25, 0.3) is 11.2 Å². The van der Waals surface area contributed by atoms with Crippen molar-refractivity contribution in [3.05, 3.63) is 42.5 Å². The zero-order valence-corrected chi connectivity index (χ0v) is 21.3. The smallest absolute Gasteiger partial charge is 0.323 e. The van der Waals surface area contributed by atoms with Gasteiger partial charge < -0.3 is 24.9 Å². The zero-order valence-electron chi connectivity index (χ0n) is 20.4. The van der Waals surface area contributed by atoms with Crippen molar-refractivity contribution in [1.82, 2.24) is 29.7 Å². The molecule has 1 unspecified atom stereocenters. The maximum atomic E-state index is 13.9. The van der Waals surface area contributed by atoms with E-state index in [9.17, 15) is 14.5 Å². The van der Waals surface area contributed by atoms with E-state index >= 15 is 0 Å². The van der Waals surface area contributed by atoms with Crippen LogP contribution in [-0.4, -0.2) is 55.7 Å². The Bertz CT molecular complexity index is 1210. The first kappa shape index (κ1) is 26.6. The summed E-state index contributed by atoms with van der Waals surface area (Å²) in [6.07, 6.45) is 2.31. The molecule has 2 heterocycles. The van der Waals surface area contributed by atoms with Gasteiger partial charge in [0.2, 0.25) is 7.44 Å². The number of nitrogen functional groups attached to an aromatic ring is 1. The van der Waals surface area contributed by atoms with Gasteiger partial charge in [0.25, 0.3) is 0 Å². The Labute approximate surface area is 203 Å². The number of imidazole rings is 1. The molecule has 190 valence electrons. The molecule has 0 amide bonds. The van der Waals surface area contributed by atoms with Crippen molar-refractivity contribution in [2.75, 3.05) is 19.2 Å². The van der Waals surface area contributed by atoms with Gasteiger partial charge in [-0.1, -0.05) is 12.1 Å². The van der Waals surface area contributed by atoms with Gasteiger partial charge in [-0.2, -0.15) is 0 Å². The highest BCUT2D eigenvalue weighted by atomic mass is 31.2. The number of nitrogens with one attached hydrogen (secondary N) is 2. The molecule has 0 aliphatic heterocycles. The first-order valence-corrected chi connectivity index (χ1v) is 12.9. The molecule has 3 atom stereocenters. The lowest BCUT2D eigenvalue weighted by Crippen LogP contribution is -2.47. The number of aromatic nitrogens is 4. The van der Waals surface area contributed by atoms with Crippen LogP contribution in [-0.2, 0) is 20.6 Å². The summed E-state index contributed by atoms with van der Waals surface area (Å²) in [4.78, 5) is 24.1. The summed E-state index contributed by atoms with van der Waals surface area (Å²) in [6, 6.07) is 6.95. The number of hydrogen-bond acceptors (Lipinski definition) is 8. The van der Waals surface area contributed by atoms with Gasteiger partial charge in [-0.05, 0) is 45.4 Å². The van der Waals surface area contributed by atoms with Crippen LogP contribution in [0.1, 0.15) is 39.3 Å². The number of anilines is 1. The fourth-order valence-electron chi connectivity index (χ4n) is 3.48. The highest BCUT2D eigenvalue weighted by molar-refractivity contribution is 7.59. The molecule has 2 aromatic heterocycles. The molecular weight excluding hydrogens is 473 g/mol. The Kier molecular flexibility index (Phi) is 8.11. The molecule has 0 spiro atoms. The highest BCUT2D eigenvalue weighted by Crippen LogP contribution is 2.42. The predicted octanol–water partition coefficient (Wildman–Crippen LogP) is 2.78. The third-order valence-corrected chi connectivity index (χ3v) is 7.67. The van der Waals surface area contributed by atoms with E-state index in [1.165, 1.54) is 20.2 Å². The Balaban J connectivity index is 1.74. The molecule has 0 radical (unpaired) electrons. The average molecular weight is 506 g/mol. The minimum atomic E-state index is -3.54. The molecule has 5 N–H and O–H groups in total. The molecule has 3 rings (SSSR count). The number of nitrogens with two attached hydrogens (primary N) is 1. The van der Waals surface area contributed by atoms with Crippen molar-refractivity contribution in [1.29, 1.82) is 0 Å². The summed E-state index contributed by atoms with van der Waals surface area (Å²) in [5.74, 6) is -0.152. The Morgan fingerprint density at radius 1 is 1.23 bits per heavy atom. The minimum Gasteiger partial charge on any atom is -0.497 e. The SMILES string of the molecule is COc1ccc([C@@H](C)NP(=O)(CO[C@@H](C)Cn2cnc3c(N)ncnc32)NC(C)(C)C(=O)O)cc1. The molecule has 3 aromatic rings. The second kappa shape index (κ2) is 10.7. The number of hydrogen-bond donors (Lipinski definition) is 4. The van der Waals surface area contributed by atoms with E-state index < -0.39 is 25.1 Å². The molecule has 12 nitrogen and oxygen atoms in total. The van der Waals surface area contributed by atoms with Gasteiger partial charge in [-0.15, -0.1) is 0 Å². The number of benzene rings is 1. The fourth-order valence-corrected chi connectivity index (χ4v) is 5.92. The Morgan fingerprint density at radius 3 is 2.54 bits per heavy atom. The number of nitrogens with zero attached hydrogens (tertiary/aromatic N) is 4. The largest absolute Gasteiger partial charge is 0.497 e. The minimum absolute atomic E-state index is 0.241. The second-order valence-electron chi connectivity index (χ2n) is 8.84. The maximum Gasteiger partial charge on any atom is 0.323 e. The summed E-state index contributed by atoms with van der Waals surface area (Å²) in [5.41, 5.74) is 6.30. The number of carboxylic acids is 1. The summed E-state index contributed by atoms with van der Waals surface area (Å²) < 4.78 is 26.8. The molecule has 0 aliphatic carbocycles. The third kappa shape index (κ3) is 6.55. The van der Waals surface area contributed by atoms with Crippen molar-refractivity contribution in [3.8, 4) is 5.75 Å². The zero-order chi connectivity index (χ0) is 25.8. The first-order chi connectivity index (χ1) is 16.4. The van der Waals surface area contributed by atoms with E-state index in [0.29, 0.717) is 23.5 Å². The number of ether oxygens (including phenoxy) is 2. The van der Waals surface area contributed by atoms with Crippen LogP contribution < -0.4 is 20.6 Å². The van der Waals surface area contributed by atoms with E-state index in [1.807, 2.05) is 26.0 Å². The Hall–Kier alpha value is -3.05. The topological polar surface area (TPSA) is 167 Å². The third-order valence-electron chi connectivity index (χ3n) is 5.44. The summed E-state index contributed by atoms with van der Waals surface area (Å²) in [7, 11) is -1.96. The molecule has 35 heavy (non-hydrogen) atoms. The van der Waals surface area contributed by atoms with E-state index in [4.69, 9.17) is 15.2 Å². The summed E-state index contributed by atoms with van der Waals surface area (Å²) in [6.45, 7) is 6.92. The van der Waals surface area contributed by atoms with Gasteiger partial charge in [0.1, 0.15) is 29.5 Å². The average Bonchev–Trinajstić information content (AvgIpc) is 3.21. The standard InChI is InChI=1S/C22H32N7O5P/c1-14(10-29-12-26-18-19(23)24-11-25-20(18)29)34-13-35(32,28-22(3,4)21(30)31)27-15(2)16-6-8-17(33-5)9-7-16/h6-9,11-12,14-15H,10,13H2,1-5H3,(H,30,31)(H2,23,24,25)(H2,27,28,32)/t14-,15+,35?/m0/s1. The lowest BCUT2D eigenvalue weighted by molar-refractivity contribution is -0.142. The van der Waals surface area contributed by atoms with Gasteiger partial charge in [-0.25, -0.2) is 25.1 Å². The van der Waals surface area contributed by atoms with E-state index in [0.717, 1.165) is 5.56 Å². The van der Waals surface area contributed by atoms with Gasteiger partial charge in [0.15, 0.2) is 11.5 Å². The van der Waals surface area contributed by atoms with E-state index in [-0.39, 0.29) is 18.2 Å². The molecular formula is C22H32N7O5P. The van der Waals surface area contributed by atoms with E-state index in [1.54, 1.807) is 30.1 Å². The maximum absolute atomic E-state index is 13.9. The highest BCUT2D eigenvalue weighted by Gasteiger charge is 2.37. The van der Waals surface area contributed by atoms with Crippen molar-refractivity contribution < 1.29 is 23.9 Å². The van der Waals surface area contributed by atoms with Gasteiger partial charge in [0, 0.05) is 6.04 Å². The van der Waals surface area contributed by atoms with Crippen molar-refractivity contribution in [3.63, 3.8) is 0 Å². The summed E-state index contributed by atoms with van der Waals surface area (Å²) in [5, 5.41) is 15.4. The number of rotatable bonds is 12. The van der Waals surface area contributed by atoms with Crippen LogP contribution in [0.4, 0.5) is 5.82 Å². The first-order valence-electron chi connectivity index (χ1n) is 11.0. The van der Waals surface area contributed by atoms with Gasteiger partial charge in [-0.3, -0.25) is 9.36 Å². The van der Waals surface area contributed by atoms with Gasteiger partial charge in [0.05, 0.1) is 26.1 Å². The second-order valence-corrected chi connectivity index (χ2v) is 11.1. The molecule has 0 aliphatic rings. The number of carboxylic acid groups (broad SMARTS) is 1. The number of aliphatic carboxylic acids is 1. The van der Waals surface area contributed by atoms with Crippen LogP contribution in [0.3, 0.4) is 0 Å². The molecule has 1 aromatic carbocycles. The quantitative estimate of drug-likeness (QED) is 0.267. The normalized spacial score (nSPS) is 15.5. The number of fused-ring (bicyclic) bond motifs is 1. The number of methoxy groups -OCH3 is 1. The molecule has 0 saturated heterocycles. The van der Waals surface area contributed by atoms with Crippen LogP contribution in [0.2, 0.25) is 0 Å². The lowest BCUT2D eigenvalue weighted by Gasteiger charge is -2.32. The molecule has 0 bridgehead atoms. The molecule has 13 heteroatoms. The van der Waals surface area contributed by atoms with Crippen LogP contribution in [0.15, 0.2) is 36.9 Å². The summed E-state index contributed by atoms with van der Waals surface area (Å²) >= 11 is 0. The lowest BCUT2D eigenvalue weighted by atomic mass is 10.1. The van der Waals surface area contributed by atoms with Crippen molar-refractivity contribution in [2.24, 2.45) is 0 Å². The molecule has 0 fully saturated rings. The Morgan fingerprint density at radius 2 is 1.91 bits per heavy atom. The van der Waals surface area contributed by atoms with E-state index in [2.05, 4.69) is 25.1 Å². The van der Waals surface area contributed by atoms with Crippen molar-refractivity contribution >= 4 is 30.4 Å². The van der Waals surface area contributed by atoms with Crippen molar-refractivity contribution in [2.45, 2.75) is 51.9 Å². The number of carbonyl (C=O) groups is 1.